The number of carbonyl (C=O) groups excluding carboxylic acids is 1. The van der Waals surface area contributed by atoms with E-state index in [2.05, 4.69) is 4.99 Å². The summed E-state index contributed by atoms with van der Waals surface area (Å²) in [4.78, 5) is 15.9. The summed E-state index contributed by atoms with van der Waals surface area (Å²) in [6.45, 7) is 0. The molecule has 0 N–H and O–H groups in total. The molecule has 1 aliphatic carbocycles. The van der Waals surface area contributed by atoms with Crippen LogP contribution in [0.3, 0.4) is 0 Å². The Kier molecular flexibility index (Phi) is 3.26. The van der Waals surface area contributed by atoms with Gasteiger partial charge in [-0.2, -0.15) is 0 Å². The zero-order valence-corrected chi connectivity index (χ0v) is 11.1. The molecular weight excluding hydrogens is 261 g/mol. The van der Waals surface area contributed by atoms with E-state index >= 15 is 0 Å². The molecular formula is C15H14FNO3. The molecule has 0 amide bonds. The molecule has 1 fully saturated rings. The number of cyclic esters (lactones) is 1. The van der Waals surface area contributed by atoms with Gasteiger partial charge in [0.1, 0.15) is 0 Å². The minimum absolute atomic E-state index is 0.166. The van der Waals surface area contributed by atoms with Crippen LogP contribution in [-0.4, -0.2) is 19.0 Å². The normalized spacial score (nSPS) is 20.6. The molecule has 4 nitrogen and oxygen atoms in total. The van der Waals surface area contributed by atoms with E-state index in [9.17, 15) is 9.18 Å². The van der Waals surface area contributed by atoms with E-state index in [1.807, 2.05) is 0 Å². The first kappa shape index (κ1) is 12.8. The molecule has 0 atom stereocenters. The Morgan fingerprint density at radius 3 is 2.85 bits per heavy atom. The first-order valence-corrected chi connectivity index (χ1v) is 6.53. The first-order valence-electron chi connectivity index (χ1n) is 6.53. The van der Waals surface area contributed by atoms with E-state index in [0.717, 1.165) is 19.3 Å². The van der Waals surface area contributed by atoms with Crippen molar-refractivity contribution in [2.24, 2.45) is 10.9 Å². The summed E-state index contributed by atoms with van der Waals surface area (Å²) < 4.78 is 23.6. The van der Waals surface area contributed by atoms with Crippen LogP contribution in [0.25, 0.3) is 6.08 Å². The number of hydrogen-bond donors (Lipinski definition) is 0. The lowest BCUT2D eigenvalue weighted by atomic mass is 9.85. The van der Waals surface area contributed by atoms with Gasteiger partial charge in [-0.1, -0.05) is 12.5 Å². The van der Waals surface area contributed by atoms with Crippen LogP contribution in [0.15, 0.2) is 28.9 Å². The third-order valence-electron chi connectivity index (χ3n) is 3.57. The second kappa shape index (κ2) is 5.07. The molecule has 104 valence electrons. The highest BCUT2D eigenvalue weighted by molar-refractivity contribution is 6.07. The summed E-state index contributed by atoms with van der Waals surface area (Å²) in [5.41, 5.74) is 0.769. The van der Waals surface area contributed by atoms with Gasteiger partial charge in [-0.3, -0.25) is 0 Å². The fourth-order valence-corrected chi connectivity index (χ4v) is 2.19. The quantitative estimate of drug-likeness (QED) is 0.629. The van der Waals surface area contributed by atoms with Crippen LogP contribution in [0.5, 0.6) is 5.75 Å². The van der Waals surface area contributed by atoms with Gasteiger partial charge < -0.3 is 9.47 Å². The molecule has 1 saturated carbocycles. The first-order chi connectivity index (χ1) is 9.67. The molecule has 1 aromatic rings. The topological polar surface area (TPSA) is 47.9 Å². The molecule has 1 aliphatic heterocycles. The van der Waals surface area contributed by atoms with Crippen molar-refractivity contribution in [1.82, 2.24) is 0 Å². The van der Waals surface area contributed by atoms with Crippen LogP contribution in [0.4, 0.5) is 4.39 Å². The predicted octanol–water partition coefficient (Wildman–Crippen LogP) is 2.93. The minimum atomic E-state index is -0.476. The van der Waals surface area contributed by atoms with Crippen molar-refractivity contribution in [1.29, 1.82) is 0 Å². The predicted molar refractivity (Wildman–Crippen MR) is 71.8 cm³/mol. The van der Waals surface area contributed by atoms with Gasteiger partial charge in [0.05, 0.1) is 7.11 Å². The van der Waals surface area contributed by atoms with Crippen molar-refractivity contribution in [3.8, 4) is 5.75 Å². The van der Waals surface area contributed by atoms with Gasteiger partial charge in [0.15, 0.2) is 17.3 Å². The molecule has 1 heterocycles. The lowest BCUT2D eigenvalue weighted by molar-refractivity contribution is -0.130. The molecule has 2 aliphatic rings. The van der Waals surface area contributed by atoms with Gasteiger partial charge in [0.25, 0.3) is 0 Å². The lowest BCUT2D eigenvalue weighted by Gasteiger charge is -2.23. The van der Waals surface area contributed by atoms with Crippen LogP contribution in [0.1, 0.15) is 24.8 Å². The Hall–Kier alpha value is -2.17. The Balaban J connectivity index is 1.85. The second-order valence-electron chi connectivity index (χ2n) is 4.89. The molecule has 0 saturated heterocycles. The van der Waals surface area contributed by atoms with Gasteiger partial charge in [-0.15, -0.1) is 0 Å². The number of carbonyl (C=O) groups is 1. The Morgan fingerprint density at radius 1 is 1.45 bits per heavy atom. The summed E-state index contributed by atoms with van der Waals surface area (Å²) >= 11 is 0. The molecule has 0 spiro atoms. The fraction of sp³-hybridized carbons (Fsp3) is 0.333. The monoisotopic (exact) mass is 275 g/mol. The summed E-state index contributed by atoms with van der Waals surface area (Å²) in [6.07, 6.45) is 4.69. The van der Waals surface area contributed by atoms with E-state index in [4.69, 9.17) is 9.47 Å². The molecule has 5 heteroatoms. The van der Waals surface area contributed by atoms with Crippen LogP contribution in [0.2, 0.25) is 0 Å². The molecule has 0 aromatic heterocycles. The van der Waals surface area contributed by atoms with Crippen LogP contribution >= 0.6 is 0 Å². The maximum absolute atomic E-state index is 13.6. The van der Waals surface area contributed by atoms with Crippen molar-refractivity contribution >= 4 is 17.9 Å². The van der Waals surface area contributed by atoms with E-state index in [0.29, 0.717) is 11.5 Å². The molecule has 0 bridgehead atoms. The van der Waals surface area contributed by atoms with Gasteiger partial charge in [-0.05, 0) is 36.6 Å². The molecule has 3 rings (SSSR count). The van der Waals surface area contributed by atoms with E-state index in [1.54, 1.807) is 6.07 Å². The fourth-order valence-electron chi connectivity index (χ4n) is 2.19. The maximum Gasteiger partial charge on any atom is 0.363 e. The van der Waals surface area contributed by atoms with E-state index < -0.39 is 11.8 Å². The number of hydrogen-bond acceptors (Lipinski definition) is 4. The van der Waals surface area contributed by atoms with Gasteiger partial charge in [-0.25, -0.2) is 14.2 Å². The van der Waals surface area contributed by atoms with Gasteiger partial charge in [0, 0.05) is 5.92 Å². The highest BCUT2D eigenvalue weighted by atomic mass is 19.1. The van der Waals surface area contributed by atoms with Crippen molar-refractivity contribution < 1.29 is 18.7 Å². The summed E-state index contributed by atoms with van der Waals surface area (Å²) in [7, 11) is 1.40. The Labute approximate surface area is 115 Å². The summed E-state index contributed by atoms with van der Waals surface area (Å²) in [5.74, 6) is -0.0155. The lowest BCUT2D eigenvalue weighted by Crippen LogP contribution is -2.22. The minimum Gasteiger partial charge on any atom is -0.494 e. The third kappa shape index (κ3) is 2.31. The smallest absolute Gasteiger partial charge is 0.363 e. The van der Waals surface area contributed by atoms with Crippen molar-refractivity contribution in [2.75, 3.05) is 7.11 Å². The average molecular weight is 275 g/mol. The van der Waals surface area contributed by atoms with Gasteiger partial charge in [0.2, 0.25) is 5.90 Å². The average Bonchev–Trinajstić information content (AvgIpc) is 2.68. The number of rotatable bonds is 3. The Morgan fingerprint density at radius 2 is 2.25 bits per heavy atom. The number of esters is 1. The number of halogens is 1. The van der Waals surface area contributed by atoms with Gasteiger partial charge >= 0.3 is 5.97 Å². The van der Waals surface area contributed by atoms with E-state index in [1.165, 1.54) is 25.3 Å². The summed E-state index contributed by atoms with van der Waals surface area (Å²) in [5, 5.41) is 0. The standard InChI is InChI=1S/C15H14FNO3/c1-19-13-6-5-9(7-11(13)16)8-12-15(18)20-14(17-12)10-3-2-4-10/h5-8,10H,2-4H2,1H3/b12-8+. The number of aliphatic imine (C=N–C) groups is 1. The molecule has 1 aromatic carbocycles. The van der Waals surface area contributed by atoms with E-state index in [-0.39, 0.29) is 17.4 Å². The Bertz CT molecular complexity index is 618. The van der Waals surface area contributed by atoms with Crippen molar-refractivity contribution in [2.45, 2.75) is 19.3 Å². The zero-order chi connectivity index (χ0) is 14.1. The molecule has 20 heavy (non-hydrogen) atoms. The zero-order valence-electron chi connectivity index (χ0n) is 11.1. The SMILES string of the molecule is COc1ccc(/C=C2/N=C(C3CCC3)OC2=O)cc1F. The number of ether oxygens (including phenoxy) is 2. The van der Waals surface area contributed by atoms with Crippen LogP contribution < -0.4 is 4.74 Å². The van der Waals surface area contributed by atoms with Crippen LogP contribution in [0, 0.1) is 11.7 Å². The van der Waals surface area contributed by atoms with Crippen molar-refractivity contribution in [3.05, 3.63) is 35.3 Å². The maximum atomic E-state index is 13.6. The highest BCUT2D eigenvalue weighted by Gasteiger charge is 2.32. The highest BCUT2D eigenvalue weighted by Crippen LogP contribution is 2.32. The third-order valence-corrected chi connectivity index (χ3v) is 3.57. The van der Waals surface area contributed by atoms with Crippen LogP contribution in [-0.2, 0) is 9.53 Å². The number of methoxy groups -OCH3 is 1. The number of benzene rings is 1. The molecule has 0 unspecified atom stereocenters. The largest absolute Gasteiger partial charge is 0.494 e. The summed E-state index contributed by atoms with van der Waals surface area (Å²) in [6, 6.07) is 4.48. The molecule has 0 radical (unpaired) electrons. The second-order valence-corrected chi connectivity index (χ2v) is 4.89. The van der Waals surface area contributed by atoms with Crippen molar-refractivity contribution in [3.63, 3.8) is 0 Å². The number of nitrogens with zero attached hydrogens (tertiary/aromatic N) is 1.